The van der Waals surface area contributed by atoms with Gasteiger partial charge in [-0.15, -0.1) is 5.10 Å². The van der Waals surface area contributed by atoms with Crippen LogP contribution in [0.1, 0.15) is 52.7 Å². The molecule has 2 aromatic heterocycles. The molecule has 3 rings (SSSR count). The van der Waals surface area contributed by atoms with Gasteiger partial charge in [0.25, 0.3) is 5.91 Å². The minimum atomic E-state index is -0.386. The van der Waals surface area contributed by atoms with E-state index in [1.165, 1.54) is 0 Å². The van der Waals surface area contributed by atoms with Gasteiger partial charge >= 0.3 is 5.97 Å². The van der Waals surface area contributed by atoms with E-state index in [1.807, 2.05) is 33.8 Å². The van der Waals surface area contributed by atoms with Crippen molar-refractivity contribution in [2.24, 2.45) is 0 Å². The van der Waals surface area contributed by atoms with Crippen molar-refractivity contribution in [3.8, 4) is 0 Å². The second-order valence-electron chi connectivity index (χ2n) is 7.08. The Labute approximate surface area is 169 Å². The molecule has 0 atom stereocenters. The van der Waals surface area contributed by atoms with Crippen molar-refractivity contribution in [1.82, 2.24) is 19.9 Å². The number of nitrogens with zero attached hydrogens (tertiary/aromatic N) is 3. The van der Waals surface area contributed by atoms with Crippen LogP contribution in [0.3, 0.4) is 0 Å². The fraction of sp³-hybridized carbons (Fsp3) is 0.333. The van der Waals surface area contributed by atoms with Crippen LogP contribution >= 0.6 is 0 Å². The largest absolute Gasteiger partial charge is 0.462 e. The summed E-state index contributed by atoms with van der Waals surface area (Å²) < 4.78 is 6.94. The maximum Gasteiger partial charge on any atom is 0.339 e. The summed E-state index contributed by atoms with van der Waals surface area (Å²) in [7, 11) is 0. The van der Waals surface area contributed by atoms with Gasteiger partial charge in [0.05, 0.1) is 23.9 Å². The minimum Gasteiger partial charge on any atom is -0.462 e. The number of rotatable bonds is 6. The molecule has 0 radical (unpaired) electrons. The summed E-state index contributed by atoms with van der Waals surface area (Å²) in [5.41, 5.74) is 4.10. The standard InChI is InChI=1S/C21H25N5O3/c1-6-29-20(28)17-10-16-11-22-25-21(26(16)14(17)5)24-18-9-15(8-7-13(18)4)19(27)23-12(2)3/h7-12H,6H2,1-5H3,(H,23,27)(H,24,25). The Hall–Kier alpha value is -3.42. The first-order chi connectivity index (χ1) is 13.8. The van der Waals surface area contributed by atoms with Crippen molar-refractivity contribution >= 4 is 29.0 Å². The second-order valence-corrected chi connectivity index (χ2v) is 7.08. The van der Waals surface area contributed by atoms with E-state index in [-0.39, 0.29) is 17.9 Å². The first-order valence-electron chi connectivity index (χ1n) is 9.51. The molecule has 0 bridgehead atoms. The Kier molecular flexibility index (Phi) is 5.81. The van der Waals surface area contributed by atoms with E-state index < -0.39 is 0 Å². The lowest BCUT2D eigenvalue weighted by Crippen LogP contribution is -2.30. The predicted octanol–water partition coefficient (Wildman–Crippen LogP) is 3.40. The monoisotopic (exact) mass is 395 g/mol. The molecule has 0 aliphatic carbocycles. The third-order valence-corrected chi connectivity index (χ3v) is 4.49. The van der Waals surface area contributed by atoms with E-state index in [9.17, 15) is 9.59 Å². The van der Waals surface area contributed by atoms with Gasteiger partial charge < -0.3 is 15.4 Å². The van der Waals surface area contributed by atoms with E-state index in [4.69, 9.17) is 4.74 Å². The molecule has 8 heteroatoms. The molecule has 1 aromatic carbocycles. The number of amides is 1. The lowest BCUT2D eigenvalue weighted by atomic mass is 10.1. The molecule has 0 saturated heterocycles. The summed E-state index contributed by atoms with van der Waals surface area (Å²) >= 11 is 0. The molecule has 0 spiro atoms. The van der Waals surface area contributed by atoms with Gasteiger partial charge in [0.15, 0.2) is 0 Å². The smallest absolute Gasteiger partial charge is 0.339 e. The highest BCUT2D eigenvalue weighted by atomic mass is 16.5. The molecule has 0 saturated carbocycles. The van der Waals surface area contributed by atoms with Crippen LogP contribution in [-0.4, -0.2) is 39.1 Å². The number of hydrogen-bond donors (Lipinski definition) is 2. The van der Waals surface area contributed by atoms with Crippen molar-refractivity contribution in [3.63, 3.8) is 0 Å². The van der Waals surface area contributed by atoms with E-state index in [2.05, 4.69) is 20.8 Å². The first-order valence-corrected chi connectivity index (χ1v) is 9.51. The number of hydrogen-bond acceptors (Lipinski definition) is 6. The number of esters is 1. The van der Waals surface area contributed by atoms with Crippen LogP contribution < -0.4 is 10.6 Å². The quantitative estimate of drug-likeness (QED) is 0.621. The lowest BCUT2D eigenvalue weighted by Gasteiger charge is -2.14. The van der Waals surface area contributed by atoms with Gasteiger partial charge in [0, 0.05) is 23.0 Å². The number of fused-ring (bicyclic) bond motifs is 1. The highest BCUT2D eigenvalue weighted by molar-refractivity contribution is 5.96. The van der Waals surface area contributed by atoms with E-state index >= 15 is 0 Å². The molecule has 0 fully saturated rings. The van der Waals surface area contributed by atoms with Gasteiger partial charge in [-0.2, -0.15) is 5.10 Å². The minimum absolute atomic E-state index is 0.0450. The van der Waals surface area contributed by atoms with E-state index in [0.29, 0.717) is 29.4 Å². The fourth-order valence-corrected chi connectivity index (χ4v) is 3.05. The van der Waals surface area contributed by atoms with Gasteiger partial charge in [-0.25, -0.2) is 4.79 Å². The number of aryl methyl sites for hydroxylation is 2. The van der Waals surface area contributed by atoms with Crippen LogP contribution in [0, 0.1) is 13.8 Å². The summed E-state index contributed by atoms with van der Waals surface area (Å²) in [4.78, 5) is 24.6. The molecular weight excluding hydrogens is 370 g/mol. The average molecular weight is 395 g/mol. The number of carbonyl (C=O) groups excluding carboxylic acids is 2. The van der Waals surface area contributed by atoms with Gasteiger partial charge in [-0.1, -0.05) is 6.07 Å². The van der Waals surface area contributed by atoms with Crippen LogP contribution in [0.15, 0.2) is 30.5 Å². The zero-order chi connectivity index (χ0) is 21.1. The maximum absolute atomic E-state index is 12.4. The van der Waals surface area contributed by atoms with Crippen molar-refractivity contribution in [2.75, 3.05) is 11.9 Å². The lowest BCUT2D eigenvalue weighted by molar-refractivity contribution is 0.0525. The number of nitrogens with one attached hydrogen (secondary N) is 2. The van der Waals surface area contributed by atoms with E-state index in [1.54, 1.807) is 35.7 Å². The fourth-order valence-electron chi connectivity index (χ4n) is 3.05. The third-order valence-electron chi connectivity index (χ3n) is 4.49. The summed E-state index contributed by atoms with van der Waals surface area (Å²) in [6.07, 6.45) is 1.58. The Morgan fingerprint density at radius 1 is 1.21 bits per heavy atom. The average Bonchev–Trinajstić information content (AvgIpc) is 3.01. The highest BCUT2D eigenvalue weighted by Gasteiger charge is 2.18. The van der Waals surface area contributed by atoms with Gasteiger partial charge in [0.2, 0.25) is 5.95 Å². The van der Waals surface area contributed by atoms with E-state index in [0.717, 1.165) is 16.8 Å². The van der Waals surface area contributed by atoms with Gasteiger partial charge in [-0.3, -0.25) is 9.20 Å². The molecule has 2 heterocycles. The number of anilines is 2. The van der Waals surface area contributed by atoms with Crippen molar-refractivity contribution < 1.29 is 14.3 Å². The Balaban J connectivity index is 2.00. The van der Waals surface area contributed by atoms with Crippen LogP contribution in [0.2, 0.25) is 0 Å². The Bertz CT molecular complexity index is 1070. The zero-order valence-electron chi connectivity index (χ0n) is 17.2. The molecule has 0 unspecified atom stereocenters. The number of aromatic nitrogens is 3. The van der Waals surface area contributed by atoms with Crippen molar-refractivity contribution in [3.05, 3.63) is 52.8 Å². The molecule has 1 amide bonds. The number of carbonyl (C=O) groups is 2. The molecule has 29 heavy (non-hydrogen) atoms. The van der Waals surface area contributed by atoms with Crippen LogP contribution in [0.25, 0.3) is 5.52 Å². The molecular formula is C21H25N5O3. The number of benzene rings is 1. The Morgan fingerprint density at radius 2 is 1.97 bits per heavy atom. The molecule has 0 aliphatic heterocycles. The van der Waals surface area contributed by atoms with Gasteiger partial charge in [-0.05, 0) is 58.4 Å². The molecule has 8 nitrogen and oxygen atoms in total. The predicted molar refractivity (Wildman–Crippen MR) is 111 cm³/mol. The summed E-state index contributed by atoms with van der Waals surface area (Å²) in [5.74, 6) is -0.0858. The molecule has 3 aromatic rings. The molecule has 152 valence electrons. The number of ether oxygens (including phenoxy) is 1. The first kappa shape index (κ1) is 20.3. The summed E-state index contributed by atoms with van der Waals surface area (Å²) in [6, 6.07) is 7.20. The van der Waals surface area contributed by atoms with Crippen molar-refractivity contribution in [2.45, 2.75) is 40.7 Å². The Morgan fingerprint density at radius 3 is 2.66 bits per heavy atom. The van der Waals surface area contributed by atoms with Crippen LogP contribution in [0.5, 0.6) is 0 Å². The molecule has 2 N–H and O–H groups in total. The topological polar surface area (TPSA) is 97.6 Å². The van der Waals surface area contributed by atoms with Crippen LogP contribution in [-0.2, 0) is 4.74 Å². The van der Waals surface area contributed by atoms with Crippen molar-refractivity contribution in [1.29, 1.82) is 0 Å². The highest BCUT2D eigenvalue weighted by Crippen LogP contribution is 2.25. The third kappa shape index (κ3) is 4.21. The molecule has 0 aliphatic rings. The van der Waals surface area contributed by atoms with Crippen LogP contribution in [0.4, 0.5) is 11.6 Å². The summed E-state index contributed by atoms with van der Waals surface area (Å²) in [6.45, 7) is 9.66. The van der Waals surface area contributed by atoms with Gasteiger partial charge in [0.1, 0.15) is 0 Å². The summed E-state index contributed by atoms with van der Waals surface area (Å²) in [5, 5.41) is 14.4. The maximum atomic E-state index is 12.4. The normalized spacial score (nSPS) is 11.0. The zero-order valence-corrected chi connectivity index (χ0v) is 17.2. The SMILES string of the molecule is CCOC(=O)c1cc2cnnc(Nc3cc(C(=O)NC(C)C)ccc3C)n2c1C. The second kappa shape index (κ2) is 8.30.